The third-order valence-electron chi connectivity index (χ3n) is 6.84. The van der Waals surface area contributed by atoms with E-state index < -0.39 is 5.54 Å². The third-order valence-corrected chi connectivity index (χ3v) is 6.84. The molecular weight excluding hydrogens is 394 g/mol. The van der Waals surface area contributed by atoms with Crippen LogP contribution in [0.3, 0.4) is 0 Å². The molecule has 1 aromatic heterocycles. The van der Waals surface area contributed by atoms with E-state index in [9.17, 15) is 4.79 Å². The van der Waals surface area contributed by atoms with Gasteiger partial charge in [0.15, 0.2) is 5.82 Å². The Morgan fingerprint density at radius 3 is 2.61 bits per heavy atom. The van der Waals surface area contributed by atoms with E-state index in [1.54, 1.807) is 0 Å². The second-order valence-electron chi connectivity index (χ2n) is 9.01. The number of nitrogens with one attached hydrogen (secondary N) is 1. The molecule has 2 fully saturated rings. The number of ether oxygens (including phenoxy) is 2. The molecule has 1 aromatic carbocycles. The van der Waals surface area contributed by atoms with E-state index in [1.165, 1.54) is 18.5 Å². The molecule has 3 heterocycles. The number of benzene rings is 1. The molecule has 8 nitrogen and oxygen atoms in total. The molecule has 5 rings (SSSR count). The van der Waals surface area contributed by atoms with Crippen molar-refractivity contribution in [2.24, 2.45) is 0 Å². The summed E-state index contributed by atoms with van der Waals surface area (Å²) in [5.41, 5.74) is 1.44. The second kappa shape index (κ2) is 8.59. The average molecular weight is 426 g/mol. The number of morpholine rings is 1. The summed E-state index contributed by atoms with van der Waals surface area (Å²) in [7, 11) is 0. The van der Waals surface area contributed by atoms with Crippen LogP contribution < -0.4 is 10.2 Å². The van der Waals surface area contributed by atoms with E-state index >= 15 is 0 Å². The van der Waals surface area contributed by atoms with Gasteiger partial charge in [0.2, 0.25) is 5.91 Å². The fourth-order valence-electron chi connectivity index (χ4n) is 5.00. The molecule has 1 N–H and O–H groups in total. The number of carbonyl (C=O) groups is 1. The Balaban J connectivity index is 1.28. The van der Waals surface area contributed by atoms with Crippen molar-refractivity contribution in [1.82, 2.24) is 20.1 Å². The van der Waals surface area contributed by atoms with E-state index in [0.29, 0.717) is 25.7 Å². The number of hydrogen-bond acceptors (Lipinski definition) is 6. The first kappa shape index (κ1) is 20.5. The van der Waals surface area contributed by atoms with Gasteiger partial charge in [-0.3, -0.25) is 9.36 Å². The zero-order valence-corrected chi connectivity index (χ0v) is 18.2. The lowest BCUT2D eigenvalue weighted by Crippen LogP contribution is -2.53. The van der Waals surface area contributed by atoms with Gasteiger partial charge < -0.3 is 19.7 Å². The van der Waals surface area contributed by atoms with Gasteiger partial charge in [-0.25, -0.2) is 0 Å². The van der Waals surface area contributed by atoms with Crippen molar-refractivity contribution in [2.45, 2.75) is 57.2 Å². The van der Waals surface area contributed by atoms with E-state index in [1.807, 2.05) is 6.92 Å². The first-order valence-corrected chi connectivity index (χ1v) is 11.4. The number of hydrogen-bond donors (Lipinski definition) is 1. The molecule has 1 aliphatic carbocycles. The quantitative estimate of drug-likeness (QED) is 0.792. The molecule has 1 amide bonds. The van der Waals surface area contributed by atoms with Crippen molar-refractivity contribution < 1.29 is 14.3 Å². The number of nitrogens with zero attached hydrogens (tertiary/aromatic N) is 4. The minimum absolute atomic E-state index is 0.0512. The normalized spacial score (nSPS) is 24.2. The third kappa shape index (κ3) is 3.94. The average Bonchev–Trinajstić information content (AvgIpc) is 3.49. The molecule has 2 aromatic rings. The molecule has 1 unspecified atom stereocenters. The number of carbonyl (C=O) groups excluding carboxylic acids is 1. The monoisotopic (exact) mass is 425 g/mol. The highest BCUT2D eigenvalue weighted by Gasteiger charge is 2.43. The van der Waals surface area contributed by atoms with Gasteiger partial charge in [-0.05, 0) is 37.5 Å². The van der Waals surface area contributed by atoms with Crippen molar-refractivity contribution in [1.29, 1.82) is 0 Å². The first-order valence-electron chi connectivity index (χ1n) is 11.4. The molecule has 1 saturated heterocycles. The van der Waals surface area contributed by atoms with Gasteiger partial charge in [-0.2, -0.15) is 0 Å². The Morgan fingerprint density at radius 2 is 1.87 bits per heavy atom. The zero-order chi connectivity index (χ0) is 21.3. The van der Waals surface area contributed by atoms with Crippen LogP contribution in [0.5, 0.6) is 0 Å². The summed E-state index contributed by atoms with van der Waals surface area (Å²) in [6.07, 6.45) is 4.66. The Labute approximate surface area is 182 Å². The predicted molar refractivity (Wildman–Crippen MR) is 116 cm³/mol. The fourth-order valence-corrected chi connectivity index (χ4v) is 5.00. The summed E-state index contributed by atoms with van der Waals surface area (Å²) in [4.78, 5) is 15.7. The number of rotatable bonds is 5. The molecular formula is C23H31N5O3. The van der Waals surface area contributed by atoms with Gasteiger partial charge in [0.1, 0.15) is 18.0 Å². The van der Waals surface area contributed by atoms with E-state index in [-0.39, 0.29) is 5.91 Å². The smallest absolute Gasteiger partial charge is 0.248 e. The molecule has 3 aliphatic rings. The van der Waals surface area contributed by atoms with Gasteiger partial charge in [0.05, 0.1) is 19.8 Å². The maximum absolute atomic E-state index is 13.3. The second-order valence-corrected chi connectivity index (χ2v) is 9.01. The molecule has 0 bridgehead atoms. The number of aromatic nitrogens is 3. The summed E-state index contributed by atoms with van der Waals surface area (Å²) in [6.45, 7) is 6.53. The molecule has 8 heteroatoms. The van der Waals surface area contributed by atoms with Crippen LogP contribution in [0.25, 0.3) is 0 Å². The highest BCUT2D eigenvalue weighted by atomic mass is 16.5. The standard InChI is InChI=1S/C23H31N5O3/c1-23(16-31-15-20-25-26-21(28(20)23)18-4-2-3-5-18)22(29)24-14-17-6-8-19(9-7-17)27-10-12-30-13-11-27/h6-9,18H,2-5,10-16H2,1H3,(H,24,29). The lowest BCUT2D eigenvalue weighted by atomic mass is 9.97. The van der Waals surface area contributed by atoms with E-state index in [0.717, 1.165) is 56.4 Å². The largest absolute Gasteiger partial charge is 0.378 e. The summed E-state index contributed by atoms with van der Waals surface area (Å²) in [5.74, 6) is 2.04. The number of fused-ring (bicyclic) bond motifs is 1. The fraction of sp³-hybridized carbons (Fsp3) is 0.609. The van der Waals surface area contributed by atoms with E-state index in [4.69, 9.17) is 9.47 Å². The topological polar surface area (TPSA) is 81.5 Å². The van der Waals surface area contributed by atoms with Gasteiger partial charge in [-0.15, -0.1) is 10.2 Å². The molecule has 0 spiro atoms. The van der Waals surface area contributed by atoms with Crippen LogP contribution >= 0.6 is 0 Å². The van der Waals surface area contributed by atoms with Gasteiger partial charge in [0.25, 0.3) is 0 Å². The van der Waals surface area contributed by atoms with Crippen molar-refractivity contribution in [3.63, 3.8) is 0 Å². The maximum Gasteiger partial charge on any atom is 0.248 e. The zero-order valence-electron chi connectivity index (χ0n) is 18.2. The van der Waals surface area contributed by atoms with Crippen LogP contribution in [0.2, 0.25) is 0 Å². The highest BCUT2D eigenvalue weighted by molar-refractivity contribution is 5.84. The maximum atomic E-state index is 13.3. The Morgan fingerprint density at radius 1 is 1.13 bits per heavy atom. The van der Waals surface area contributed by atoms with Gasteiger partial charge >= 0.3 is 0 Å². The Bertz CT molecular complexity index is 916. The van der Waals surface area contributed by atoms with Crippen LogP contribution in [0, 0.1) is 0 Å². The Kier molecular flexibility index (Phi) is 5.67. The SMILES string of the molecule is CC1(C(=O)NCc2ccc(N3CCOCC3)cc2)COCc2nnc(C3CCCC3)n21. The summed E-state index contributed by atoms with van der Waals surface area (Å²) < 4.78 is 13.2. The lowest BCUT2D eigenvalue weighted by Gasteiger charge is -2.36. The van der Waals surface area contributed by atoms with Crippen LogP contribution in [0.1, 0.15) is 55.7 Å². The van der Waals surface area contributed by atoms with Crippen LogP contribution in [-0.4, -0.2) is 53.6 Å². The summed E-state index contributed by atoms with van der Waals surface area (Å²) in [6, 6.07) is 8.40. The first-order chi connectivity index (χ1) is 15.1. The lowest BCUT2D eigenvalue weighted by molar-refractivity contribution is -0.135. The van der Waals surface area contributed by atoms with Crippen molar-refractivity contribution in [2.75, 3.05) is 37.8 Å². The number of anilines is 1. The molecule has 31 heavy (non-hydrogen) atoms. The molecule has 2 aliphatic heterocycles. The highest BCUT2D eigenvalue weighted by Crippen LogP contribution is 2.37. The van der Waals surface area contributed by atoms with Crippen LogP contribution in [0.4, 0.5) is 5.69 Å². The van der Waals surface area contributed by atoms with Gasteiger partial charge in [0, 0.05) is 31.2 Å². The Hall–Kier alpha value is -2.45. The molecule has 0 radical (unpaired) electrons. The molecule has 1 saturated carbocycles. The van der Waals surface area contributed by atoms with Crippen molar-refractivity contribution in [3.8, 4) is 0 Å². The van der Waals surface area contributed by atoms with Crippen LogP contribution in [-0.2, 0) is 33.0 Å². The predicted octanol–water partition coefficient (Wildman–Crippen LogP) is 2.33. The van der Waals surface area contributed by atoms with Gasteiger partial charge in [-0.1, -0.05) is 25.0 Å². The number of amides is 1. The summed E-state index contributed by atoms with van der Waals surface area (Å²) in [5, 5.41) is 11.9. The van der Waals surface area contributed by atoms with Crippen LogP contribution in [0.15, 0.2) is 24.3 Å². The van der Waals surface area contributed by atoms with Crippen molar-refractivity contribution >= 4 is 11.6 Å². The molecule has 166 valence electrons. The summed E-state index contributed by atoms with van der Waals surface area (Å²) >= 11 is 0. The minimum Gasteiger partial charge on any atom is -0.378 e. The molecule has 1 atom stereocenters. The van der Waals surface area contributed by atoms with E-state index in [2.05, 4.69) is 49.2 Å². The minimum atomic E-state index is -0.831. The van der Waals surface area contributed by atoms with Crippen molar-refractivity contribution in [3.05, 3.63) is 41.5 Å².